The predicted octanol–water partition coefficient (Wildman–Crippen LogP) is 2.62. The molecule has 0 aromatic heterocycles. The van der Waals surface area contributed by atoms with Crippen LogP contribution in [0.4, 0.5) is 26.3 Å². The molecule has 0 heterocycles. The first-order valence-corrected chi connectivity index (χ1v) is 5.10. The fraction of sp³-hybridized carbons (Fsp3) is 1.00. The molecule has 1 aliphatic carbocycles. The first kappa shape index (κ1) is 14.6. The summed E-state index contributed by atoms with van der Waals surface area (Å²) in [6, 6.07) is -1.00. The van der Waals surface area contributed by atoms with Crippen molar-refractivity contribution in [3.8, 4) is 0 Å². The lowest BCUT2D eigenvalue weighted by molar-refractivity contribution is -0.208. The van der Waals surface area contributed by atoms with E-state index in [1.807, 2.05) is 0 Å². The van der Waals surface area contributed by atoms with Crippen LogP contribution in [-0.4, -0.2) is 31.1 Å². The largest absolute Gasteiger partial charge is 0.411 e. The second-order valence-electron chi connectivity index (χ2n) is 4.18. The molecule has 2 nitrogen and oxygen atoms in total. The summed E-state index contributed by atoms with van der Waals surface area (Å²) in [5, 5.41) is 0. The van der Waals surface area contributed by atoms with Crippen molar-refractivity contribution >= 4 is 0 Å². The lowest BCUT2D eigenvalue weighted by Gasteiger charge is -2.34. The molecule has 0 bridgehead atoms. The Kier molecular flexibility index (Phi) is 4.29. The molecule has 0 saturated heterocycles. The summed E-state index contributed by atoms with van der Waals surface area (Å²) in [7, 11) is 0. The van der Waals surface area contributed by atoms with Gasteiger partial charge in [0.05, 0.1) is 12.0 Å². The van der Waals surface area contributed by atoms with Gasteiger partial charge >= 0.3 is 12.4 Å². The number of ether oxygens (including phenoxy) is 1. The first-order valence-electron chi connectivity index (χ1n) is 5.10. The molecule has 8 heteroatoms. The fourth-order valence-electron chi connectivity index (χ4n) is 1.88. The van der Waals surface area contributed by atoms with Crippen LogP contribution in [0.2, 0.25) is 0 Å². The summed E-state index contributed by atoms with van der Waals surface area (Å²) >= 11 is 0. The van der Waals surface area contributed by atoms with Gasteiger partial charge in [-0.05, 0) is 19.3 Å². The maximum Gasteiger partial charge on any atom is 0.411 e. The van der Waals surface area contributed by atoms with Crippen molar-refractivity contribution in [2.24, 2.45) is 11.7 Å². The molecule has 102 valence electrons. The number of halogens is 6. The maximum absolute atomic E-state index is 12.3. The van der Waals surface area contributed by atoms with E-state index in [0.717, 1.165) is 0 Å². The molecule has 0 radical (unpaired) electrons. The molecular formula is C9H13F6NO. The van der Waals surface area contributed by atoms with E-state index >= 15 is 0 Å². The summed E-state index contributed by atoms with van der Waals surface area (Å²) in [5.41, 5.74) is 5.40. The van der Waals surface area contributed by atoms with Gasteiger partial charge < -0.3 is 10.5 Å². The van der Waals surface area contributed by atoms with Gasteiger partial charge in [-0.25, -0.2) is 0 Å². The van der Waals surface area contributed by atoms with Gasteiger partial charge in [0.1, 0.15) is 6.61 Å². The summed E-state index contributed by atoms with van der Waals surface area (Å²) in [6.45, 7) is -1.47. The van der Waals surface area contributed by atoms with Gasteiger partial charge in [-0.15, -0.1) is 0 Å². The van der Waals surface area contributed by atoms with E-state index in [-0.39, 0.29) is 19.3 Å². The Morgan fingerprint density at radius 1 is 1.06 bits per heavy atom. The lowest BCUT2D eigenvalue weighted by Crippen LogP contribution is -2.46. The Bertz CT molecular complexity index is 251. The standard InChI is InChI=1S/C9H13F6NO/c10-8(11,12)4-17-7-2-1-5(3-6(7)16)9(13,14)15/h5-7H,1-4,16H2/t5-,6+,7-/m0/s1. The Hall–Kier alpha value is -0.500. The normalized spacial score (nSPS) is 31.6. The molecule has 0 unspecified atom stereocenters. The highest BCUT2D eigenvalue weighted by atomic mass is 19.4. The van der Waals surface area contributed by atoms with Crippen LogP contribution in [0.3, 0.4) is 0 Å². The minimum absolute atomic E-state index is 0.0958. The average molecular weight is 265 g/mol. The molecule has 3 atom stereocenters. The summed E-state index contributed by atoms with van der Waals surface area (Å²) < 4.78 is 77.1. The molecule has 17 heavy (non-hydrogen) atoms. The van der Waals surface area contributed by atoms with E-state index in [4.69, 9.17) is 5.73 Å². The van der Waals surface area contributed by atoms with Crippen LogP contribution in [-0.2, 0) is 4.74 Å². The molecule has 0 aromatic carbocycles. The molecule has 0 aromatic rings. The Morgan fingerprint density at radius 2 is 1.65 bits per heavy atom. The zero-order chi connectivity index (χ0) is 13.3. The van der Waals surface area contributed by atoms with E-state index in [2.05, 4.69) is 4.74 Å². The van der Waals surface area contributed by atoms with Crippen molar-refractivity contribution in [3.63, 3.8) is 0 Å². The van der Waals surface area contributed by atoms with Crippen LogP contribution in [0.15, 0.2) is 0 Å². The number of rotatable bonds is 2. The van der Waals surface area contributed by atoms with Crippen LogP contribution < -0.4 is 5.73 Å². The molecule has 1 fully saturated rings. The Morgan fingerprint density at radius 3 is 2.06 bits per heavy atom. The second kappa shape index (κ2) is 5.01. The fourth-order valence-corrected chi connectivity index (χ4v) is 1.88. The van der Waals surface area contributed by atoms with E-state index in [1.165, 1.54) is 0 Å². The highest BCUT2D eigenvalue weighted by Gasteiger charge is 2.44. The van der Waals surface area contributed by atoms with Crippen LogP contribution >= 0.6 is 0 Å². The van der Waals surface area contributed by atoms with Crippen LogP contribution in [0.1, 0.15) is 19.3 Å². The number of hydrogen-bond acceptors (Lipinski definition) is 2. The predicted molar refractivity (Wildman–Crippen MR) is 47.2 cm³/mol. The number of alkyl halides is 6. The quantitative estimate of drug-likeness (QED) is 0.779. The van der Waals surface area contributed by atoms with Gasteiger partial charge in [0.15, 0.2) is 0 Å². The van der Waals surface area contributed by atoms with Crippen molar-refractivity contribution in [1.29, 1.82) is 0 Å². The lowest BCUT2D eigenvalue weighted by atomic mass is 9.84. The van der Waals surface area contributed by atoms with Gasteiger partial charge in [-0.3, -0.25) is 0 Å². The zero-order valence-corrected chi connectivity index (χ0v) is 8.81. The van der Waals surface area contributed by atoms with Crippen molar-refractivity contribution in [1.82, 2.24) is 0 Å². The van der Waals surface area contributed by atoms with Crippen molar-refractivity contribution in [2.75, 3.05) is 6.61 Å². The van der Waals surface area contributed by atoms with Crippen molar-refractivity contribution < 1.29 is 31.1 Å². The highest BCUT2D eigenvalue weighted by molar-refractivity contribution is 4.86. The molecular weight excluding hydrogens is 252 g/mol. The molecule has 1 aliphatic rings. The second-order valence-corrected chi connectivity index (χ2v) is 4.18. The molecule has 0 spiro atoms. The minimum Gasteiger partial charge on any atom is -0.367 e. The molecule has 2 N–H and O–H groups in total. The van der Waals surface area contributed by atoms with E-state index in [9.17, 15) is 26.3 Å². The smallest absolute Gasteiger partial charge is 0.367 e. The van der Waals surface area contributed by atoms with E-state index in [0.29, 0.717) is 0 Å². The van der Waals surface area contributed by atoms with Gasteiger partial charge in [0.2, 0.25) is 0 Å². The molecule has 0 aliphatic heterocycles. The first-order chi connectivity index (χ1) is 7.59. The highest BCUT2D eigenvalue weighted by Crippen LogP contribution is 2.38. The third-order valence-electron chi connectivity index (χ3n) is 2.76. The molecule has 1 rings (SSSR count). The molecule has 0 amide bonds. The van der Waals surface area contributed by atoms with Gasteiger partial charge in [0.25, 0.3) is 0 Å². The number of hydrogen-bond donors (Lipinski definition) is 1. The van der Waals surface area contributed by atoms with Crippen molar-refractivity contribution in [3.05, 3.63) is 0 Å². The SMILES string of the molecule is N[C@@H]1C[C@@H](C(F)(F)F)CC[C@@H]1OCC(F)(F)F. The van der Waals surface area contributed by atoms with E-state index in [1.54, 1.807) is 0 Å². The van der Waals surface area contributed by atoms with Gasteiger partial charge in [0, 0.05) is 6.04 Å². The van der Waals surface area contributed by atoms with Crippen molar-refractivity contribution in [2.45, 2.75) is 43.8 Å². The van der Waals surface area contributed by atoms with Crippen LogP contribution in [0.25, 0.3) is 0 Å². The Labute approximate surface area is 94.1 Å². The van der Waals surface area contributed by atoms with Crippen LogP contribution in [0.5, 0.6) is 0 Å². The zero-order valence-electron chi connectivity index (χ0n) is 8.81. The summed E-state index contributed by atoms with van der Waals surface area (Å²) in [4.78, 5) is 0. The van der Waals surface area contributed by atoms with E-state index < -0.39 is 37.0 Å². The van der Waals surface area contributed by atoms with Gasteiger partial charge in [-0.1, -0.05) is 0 Å². The number of nitrogens with two attached hydrogens (primary N) is 1. The average Bonchev–Trinajstić information content (AvgIpc) is 2.12. The minimum atomic E-state index is -4.49. The van der Waals surface area contributed by atoms with Gasteiger partial charge in [-0.2, -0.15) is 26.3 Å². The Balaban J connectivity index is 2.43. The summed E-state index contributed by atoms with van der Waals surface area (Å²) in [6.07, 6.45) is -10.5. The third-order valence-corrected chi connectivity index (χ3v) is 2.76. The maximum atomic E-state index is 12.3. The third kappa shape index (κ3) is 4.71. The molecule has 1 saturated carbocycles. The summed E-state index contributed by atoms with van der Waals surface area (Å²) in [5.74, 6) is -1.54. The monoisotopic (exact) mass is 265 g/mol. The van der Waals surface area contributed by atoms with Crippen LogP contribution in [0, 0.1) is 5.92 Å². The topological polar surface area (TPSA) is 35.2 Å².